The molecule has 0 aliphatic carbocycles. The summed E-state index contributed by atoms with van der Waals surface area (Å²) in [6.07, 6.45) is 11.4. The third-order valence-corrected chi connectivity index (χ3v) is 9.87. The van der Waals surface area contributed by atoms with Gasteiger partial charge in [-0.1, -0.05) is 130 Å². The van der Waals surface area contributed by atoms with E-state index in [1.807, 2.05) is 18.2 Å². The third-order valence-electron chi connectivity index (χ3n) is 8.44. The quantitative estimate of drug-likeness (QED) is 0.0557. The van der Waals surface area contributed by atoms with Gasteiger partial charge in [0.1, 0.15) is 18.5 Å². The van der Waals surface area contributed by atoms with Gasteiger partial charge < -0.3 is 15.0 Å². The van der Waals surface area contributed by atoms with Gasteiger partial charge in [0.05, 0.1) is 5.30 Å². The van der Waals surface area contributed by atoms with E-state index in [9.17, 15) is 4.79 Å². The molecule has 0 heterocycles. The third kappa shape index (κ3) is 13.5. The Hall–Kier alpha value is -3.72. The average molecular weight is 650 g/mol. The van der Waals surface area contributed by atoms with Gasteiger partial charge in [0.2, 0.25) is 0 Å². The fraction of sp³-hybridized carbons (Fsp3) is 0.357. The summed E-state index contributed by atoms with van der Waals surface area (Å²) in [4.78, 5) is 14.3. The Morgan fingerprint density at radius 3 is 1.79 bits per heavy atom. The Kier molecular flexibility index (Phi) is 16.3. The van der Waals surface area contributed by atoms with Crippen molar-refractivity contribution in [3.8, 4) is 5.75 Å². The Balaban J connectivity index is 1.25. The molecule has 4 aromatic rings. The number of benzene rings is 4. The molecular weight excluding hydrogens is 595 g/mol. The fourth-order valence-electron chi connectivity index (χ4n) is 5.82. The molecule has 0 fully saturated rings. The number of rotatable bonds is 21. The largest absolute Gasteiger partial charge is 0.492 e. The summed E-state index contributed by atoms with van der Waals surface area (Å²) in [5.41, 5.74) is 6.49. The van der Waals surface area contributed by atoms with Crippen molar-refractivity contribution in [2.75, 3.05) is 40.0 Å². The lowest BCUT2D eigenvalue weighted by Crippen LogP contribution is -2.26. The second kappa shape index (κ2) is 21.2. The maximum Gasteiger partial charge on any atom is 0.257 e. The van der Waals surface area contributed by atoms with Crippen LogP contribution in [0.4, 0.5) is 0 Å². The molecule has 1 unspecified atom stereocenters. The Labute approximate surface area is 285 Å². The highest BCUT2D eigenvalue weighted by Gasteiger charge is 2.14. The Bertz CT molecular complexity index is 1460. The average Bonchev–Trinajstić information content (AvgIpc) is 3.11. The summed E-state index contributed by atoms with van der Waals surface area (Å²) < 4.78 is 6.00. The standard InChI is InChI=1S/C42H53N2O2P/c1-44(2)32-33-46-38-29-27-37(28-30-38)42(36-22-14-10-15-23-36)40(35-20-12-9-13-21-35)26-18-7-5-3-4-6-8-19-31-43-41(45)34-47-39-24-16-11-17-25-39/h9-17,20-25,27-30,47H,3-8,18-19,26,31-34H2,1-2H3,(H,43,45)/p+1/b42-40-. The highest BCUT2D eigenvalue weighted by molar-refractivity contribution is 7.48. The molecule has 0 spiro atoms. The van der Waals surface area contributed by atoms with Gasteiger partial charge in [0.15, 0.2) is 0 Å². The van der Waals surface area contributed by atoms with Crippen LogP contribution in [-0.4, -0.2) is 50.8 Å². The minimum Gasteiger partial charge on any atom is -0.492 e. The number of hydrogen-bond donors (Lipinski definition) is 1. The van der Waals surface area contributed by atoms with E-state index in [0.717, 1.165) is 31.7 Å². The number of carbonyl (C=O) groups is 1. The van der Waals surface area contributed by atoms with Crippen LogP contribution in [0.15, 0.2) is 115 Å². The molecule has 4 rings (SSSR count). The van der Waals surface area contributed by atoms with Gasteiger partial charge in [-0.2, -0.15) is 0 Å². The van der Waals surface area contributed by atoms with Crippen molar-refractivity contribution in [3.05, 3.63) is 132 Å². The van der Waals surface area contributed by atoms with Crippen molar-refractivity contribution >= 4 is 30.9 Å². The summed E-state index contributed by atoms with van der Waals surface area (Å²) in [7, 11) is 4.16. The van der Waals surface area contributed by atoms with Gasteiger partial charge in [-0.05, 0) is 85.5 Å². The zero-order valence-electron chi connectivity index (χ0n) is 28.5. The first-order valence-corrected chi connectivity index (χ1v) is 18.9. The van der Waals surface area contributed by atoms with Crippen LogP contribution in [0.1, 0.15) is 74.5 Å². The normalized spacial score (nSPS) is 12.0. The number of likely N-dealkylation sites (N-methyl/N-ethyl adjacent to an activating group) is 1. The number of amides is 1. The van der Waals surface area contributed by atoms with E-state index < -0.39 is 0 Å². The lowest BCUT2D eigenvalue weighted by Gasteiger charge is -2.18. The van der Waals surface area contributed by atoms with Crippen molar-refractivity contribution in [2.45, 2.75) is 57.8 Å². The predicted molar refractivity (Wildman–Crippen MR) is 205 cm³/mol. The minimum atomic E-state index is 0.0250. The maximum atomic E-state index is 12.2. The molecule has 0 radical (unpaired) electrons. The second-order valence-electron chi connectivity index (χ2n) is 12.5. The van der Waals surface area contributed by atoms with Crippen LogP contribution in [0.2, 0.25) is 0 Å². The predicted octanol–water partition coefficient (Wildman–Crippen LogP) is 8.95. The molecule has 0 aromatic heterocycles. The molecule has 1 N–H and O–H groups in total. The number of allylic oxidation sites excluding steroid dienone is 1. The summed E-state index contributed by atoms with van der Waals surface area (Å²) in [5, 5.41) is 4.42. The van der Waals surface area contributed by atoms with Crippen LogP contribution in [-0.2, 0) is 4.79 Å². The Morgan fingerprint density at radius 2 is 1.17 bits per heavy atom. The highest BCUT2D eigenvalue weighted by Crippen LogP contribution is 2.36. The molecule has 1 atom stereocenters. The van der Waals surface area contributed by atoms with E-state index in [-0.39, 0.29) is 14.5 Å². The van der Waals surface area contributed by atoms with Crippen molar-refractivity contribution in [3.63, 3.8) is 0 Å². The van der Waals surface area contributed by atoms with Gasteiger partial charge in [-0.3, -0.25) is 4.79 Å². The van der Waals surface area contributed by atoms with Gasteiger partial charge in [-0.25, -0.2) is 0 Å². The molecule has 1 amide bonds. The molecule has 0 aliphatic rings. The maximum absolute atomic E-state index is 12.2. The second-order valence-corrected chi connectivity index (χ2v) is 14.0. The molecule has 0 bridgehead atoms. The van der Waals surface area contributed by atoms with E-state index in [2.05, 4.69) is 121 Å². The van der Waals surface area contributed by atoms with Crippen LogP contribution in [0, 0.1) is 0 Å². The van der Waals surface area contributed by atoms with Crippen molar-refractivity contribution in [1.29, 1.82) is 0 Å². The molecule has 0 saturated carbocycles. The van der Waals surface area contributed by atoms with Crippen LogP contribution in [0.3, 0.4) is 0 Å². The van der Waals surface area contributed by atoms with E-state index in [0.29, 0.717) is 12.8 Å². The first-order valence-electron chi connectivity index (χ1n) is 17.5. The molecule has 4 nitrogen and oxygen atoms in total. The lowest BCUT2D eigenvalue weighted by molar-refractivity contribution is -0.118. The Morgan fingerprint density at radius 1 is 0.638 bits per heavy atom. The number of nitrogens with zero attached hydrogens (tertiary/aromatic N) is 1. The fourth-order valence-corrected chi connectivity index (χ4v) is 6.88. The number of hydrogen-bond acceptors (Lipinski definition) is 3. The van der Waals surface area contributed by atoms with Crippen molar-refractivity contribution < 1.29 is 9.53 Å². The van der Waals surface area contributed by atoms with Gasteiger partial charge in [-0.15, -0.1) is 0 Å². The van der Waals surface area contributed by atoms with Gasteiger partial charge in [0, 0.05) is 21.7 Å². The first kappa shape index (κ1) is 36.1. The van der Waals surface area contributed by atoms with E-state index >= 15 is 0 Å². The number of ether oxygens (including phenoxy) is 1. The SMILES string of the molecule is CN(C)CCOc1ccc(/C(=C(/CCCCCCCCCCNC(=O)C[PH2+]c2ccccc2)c2ccccc2)c2ccccc2)cc1. The zero-order chi connectivity index (χ0) is 32.9. The summed E-state index contributed by atoms with van der Waals surface area (Å²) in [6.45, 7) is 2.38. The van der Waals surface area contributed by atoms with E-state index in [1.165, 1.54) is 78.1 Å². The van der Waals surface area contributed by atoms with Crippen LogP contribution in [0.5, 0.6) is 5.75 Å². The van der Waals surface area contributed by atoms with Gasteiger partial charge >= 0.3 is 0 Å². The number of carbonyl (C=O) groups excluding carboxylic acids is 1. The highest BCUT2D eigenvalue weighted by atomic mass is 31.1. The van der Waals surface area contributed by atoms with Crippen LogP contribution < -0.4 is 15.4 Å². The van der Waals surface area contributed by atoms with Crippen molar-refractivity contribution in [2.24, 2.45) is 0 Å². The topological polar surface area (TPSA) is 41.6 Å². The zero-order valence-corrected chi connectivity index (χ0v) is 29.7. The molecule has 47 heavy (non-hydrogen) atoms. The van der Waals surface area contributed by atoms with Crippen molar-refractivity contribution in [1.82, 2.24) is 10.2 Å². The molecule has 0 saturated heterocycles. The van der Waals surface area contributed by atoms with Crippen LogP contribution >= 0.6 is 8.58 Å². The summed E-state index contributed by atoms with van der Waals surface area (Å²) >= 11 is 0. The van der Waals surface area contributed by atoms with Gasteiger partial charge in [0.25, 0.3) is 5.91 Å². The minimum absolute atomic E-state index is 0.0250. The smallest absolute Gasteiger partial charge is 0.257 e. The summed E-state index contributed by atoms with van der Waals surface area (Å²) in [6, 6.07) is 40.7. The summed E-state index contributed by atoms with van der Waals surface area (Å²) in [5.74, 6) is 1.11. The number of nitrogens with one attached hydrogen (secondary N) is 1. The van der Waals surface area contributed by atoms with E-state index in [1.54, 1.807) is 0 Å². The monoisotopic (exact) mass is 649 g/mol. The molecule has 0 aliphatic heterocycles. The molecule has 4 aromatic carbocycles. The number of unbranched alkanes of at least 4 members (excludes halogenated alkanes) is 7. The molecule has 5 heteroatoms. The molecular formula is C42H54N2O2P+. The lowest BCUT2D eigenvalue weighted by atomic mass is 9.86. The van der Waals surface area contributed by atoms with Crippen LogP contribution in [0.25, 0.3) is 11.1 Å². The van der Waals surface area contributed by atoms with E-state index in [4.69, 9.17) is 4.74 Å². The molecule has 248 valence electrons. The first-order chi connectivity index (χ1) is 23.1.